The lowest BCUT2D eigenvalue weighted by molar-refractivity contribution is 0.200. The van der Waals surface area contributed by atoms with Crippen LogP contribution in [0.5, 0.6) is 0 Å². The van der Waals surface area contributed by atoms with Gasteiger partial charge in [0.05, 0.1) is 6.04 Å². The highest BCUT2D eigenvalue weighted by atomic mass is 16.2. The topological polar surface area (TPSA) is 44.4 Å². The van der Waals surface area contributed by atoms with Gasteiger partial charge in [-0.15, -0.1) is 0 Å². The van der Waals surface area contributed by atoms with Gasteiger partial charge in [0, 0.05) is 13.1 Å². The smallest absolute Gasteiger partial charge is 0.317 e. The van der Waals surface area contributed by atoms with Crippen LogP contribution >= 0.6 is 0 Å². The summed E-state index contributed by atoms with van der Waals surface area (Å²) < 4.78 is 0. The molecule has 3 rings (SSSR count). The van der Waals surface area contributed by atoms with Crippen molar-refractivity contribution in [3.63, 3.8) is 0 Å². The van der Waals surface area contributed by atoms with Crippen LogP contribution in [0.25, 0.3) is 0 Å². The van der Waals surface area contributed by atoms with Gasteiger partial charge in [0.1, 0.15) is 0 Å². The van der Waals surface area contributed by atoms with Gasteiger partial charge in [-0.3, -0.25) is 0 Å². The van der Waals surface area contributed by atoms with Crippen molar-refractivity contribution in [3.05, 3.63) is 0 Å². The molecule has 3 aliphatic rings. The molecule has 4 heteroatoms. The van der Waals surface area contributed by atoms with E-state index < -0.39 is 0 Å². The lowest BCUT2D eigenvalue weighted by Crippen LogP contribution is -2.37. The second-order valence-electron chi connectivity index (χ2n) is 6.20. The van der Waals surface area contributed by atoms with Crippen molar-refractivity contribution in [1.29, 1.82) is 0 Å². The third-order valence-corrected chi connectivity index (χ3v) is 4.92. The molecule has 2 aliphatic heterocycles. The Morgan fingerprint density at radius 2 is 1.83 bits per heavy atom. The molecule has 0 bridgehead atoms. The monoisotopic (exact) mass is 251 g/mol. The summed E-state index contributed by atoms with van der Waals surface area (Å²) in [5, 5.41) is 6.59. The minimum Gasteiger partial charge on any atom is -0.333 e. The third-order valence-electron chi connectivity index (χ3n) is 4.92. The minimum absolute atomic E-state index is 0.186. The predicted octanol–water partition coefficient (Wildman–Crippen LogP) is 1.57. The molecule has 18 heavy (non-hydrogen) atoms. The van der Waals surface area contributed by atoms with Crippen LogP contribution in [0.4, 0.5) is 4.79 Å². The fourth-order valence-electron chi connectivity index (χ4n) is 3.78. The molecule has 2 amide bonds. The van der Waals surface area contributed by atoms with E-state index >= 15 is 0 Å². The molecule has 1 atom stereocenters. The summed E-state index contributed by atoms with van der Waals surface area (Å²) in [6.45, 7) is 4.16. The molecule has 1 unspecified atom stereocenters. The molecule has 0 spiro atoms. The number of hydrogen-bond acceptors (Lipinski definition) is 2. The fourth-order valence-corrected chi connectivity index (χ4v) is 3.78. The van der Waals surface area contributed by atoms with Crippen LogP contribution in [-0.4, -0.2) is 43.2 Å². The number of nitrogens with zero attached hydrogens (tertiary/aromatic N) is 1. The lowest BCUT2D eigenvalue weighted by atomic mass is 9.96. The zero-order valence-corrected chi connectivity index (χ0v) is 11.2. The number of carbonyl (C=O) groups excluding carboxylic acids is 1. The van der Waals surface area contributed by atoms with Crippen LogP contribution in [0.1, 0.15) is 38.5 Å². The molecule has 1 saturated carbocycles. The molecule has 0 aromatic heterocycles. The summed E-state index contributed by atoms with van der Waals surface area (Å²) >= 11 is 0. The van der Waals surface area contributed by atoms with Gasteiger partial charge in [0.15, 0.2) is 0 Å². The van der Waals surface area contributed by atoms with Gasteiger partial charge < -0.3 is 15.5 Å². The summed E-state index contributed by atoms with van der Waals surface area (Å²) in [5.74, 6) is 1.45. The van der Waals surface area contributed by atoms with Crippen molar-refractivity contribution in [2.75, 3.05) is 26.2 Å². The SMILES string of the molecule is O=C1NC(C2CCCC2)CN1CC1CCNCC1. The Labute approximate surface area is 109 Å². The lowest BCUT2D eigenvalue weighted by Gasteiger charge is -2.27. The Morgan fingerprint density at radius 3 is 2.56 bits per heavy atom. The highest BCUT2D eigenvalue weighted by Gasteiger charge is 2.36. The van der Waals surface area contributed by atoms with Gasteiger partial charge in [-0.25, -0.2) is 4.79 Å². The Morgan fingerprint density at radius 1 is 1.11 bits per heavy atom. The molecule has 0 aromatic carbocycles. The molecule has 102 valence electrons. The Bertz CT molecular complexity index is 295. The fraction of sp³-hybridized carbons (Fsp3) is 0.929. The average Bonchev–Trinajstić information content (AvgIpc) is 3.01. The third kappa shape index (κ3) is 2.63. The van der Waals surface area contributed by atoms with E-state index in [9.17, 15) is 4.79 Å². The zero-order chi connectivity index (χ0) is 12.4. The van der Waals surface area contributed by atoms with E-state index in [1.54, 1.807) is 0 Å². The van der Waals surface area contributed by atoms with Crippen LogP contribution in [0.15, 0.2) is 0 Å². The minimum atomic E-state index is 0.186. The molecular weight excluding hydrogens is 226 g/mol. The van der Waals surface area contributed by atoms with Gasteiger partial charge in [-0.05, 0) is 50.6 Å². The van der Waals surface area contributed by atoms with E-state index in [0.717, 1.165) is 32.1 Å². The zero-order valence-electron chi connectivity index (χ0n) is 11.2. The number of carbonyl (C=O) groups is 1. The summed E-state index contributed by atoms with van der Waals surface area (Å²) in [4.78, 5) is 14.1. The molecule has 1 aliphatic carbocycles. The molecule has 4 nitrogen and oxygen atoms in total. The molecule has 0 radical (unpaired) electrons. The molecule has 3 fully saturated rings. The van der Waals surface area contributed by atoms with E-state index in [-0.39, 0.29) is 6.03 Å². The maximum atomic E-state index is 12.0. The second-order valence-corrected chi connectivity index (χ2v) is 6.20. The molecule has 2 N–H and O–H groups in total. The summed E-state index contributed by atoms with van der Waals surface area (Å²) in [7, 11) is 0. The van der Waals surface area contributed by atoms with Crippen molar-refractivity contribution in [3.8, 4) is 0 Å². The largest absolute Gasteiger partial charge is 0.333 e. The first kappa shape index (κ1) is 12.3. The van der Waals surface area contributed by atoms with E-state index in [0.29, 0.717) is 12.0 Å². The first-order valence-corrected chi connectivity index (χ1v) is 7.59. The van der Waals surface area contributed by atoms with Gasteiger partial charge in [0.25, 0.3) is 0 Å². The first-order chi connectivity index (χ1) is 8.83. The Hall–Kier alpha value is -0.770. The normalized spacial score (nSPS) is 31.0. The Balaban J connectivity index is 1.51. The number of urea groups is 1. The van der Waals surface area contributed by atoms with Gasteiger partial charge >= 0.3 is 6.03 Å². The number of hydrogen-bond donors (Lipinski definition) is 2. The van der Waals surface area contributed by atoms with Crippen molar-refractivity contribution < 1.29 is 4.79 Å². The Kier molecular flexibility index (Phi) is 3.73. The summed E-state index contributed by atoms with van der Waals surface area (Å²) in [5.41, 5.74) is 0. The van der Waals surface area contributed by atoms with Crippen molar-refractivity contribution in [2.45, 2.75) is 44.6 Å². The highest BCUT2D eigenvalue weighted by Crippen LogP contribution is 2.30. The van der Waals surface area contributed by atoms with Crippen LogP contribution in [-0.2, 0) is 0 Å². The van der Waals surface area contributed by atoms with Gasteiger partial charge in [0.2, 0.25) is 0 Å². The van der Waals surface area contributed by atoms with Crippen LogP contribution in [0.3, 0.4) is 0 Å². The van der Waals surface area contributed by atoms with E-state index in [2.05, 4.69) is 15.5 Å². The summed E-state index contributed by atoms with van der Waals surface area (Å²) in [6.07, 6.45) is 7.77. The average molecular weight is 251 g/mol. The van der Waals surface area contributed by atoms with E-state index in [1.807, 2.05) is 0 Å². The number of piperidine rings is 1. The molecule has 2 heterocycles. The number of nitrogens with one attached hydrogen (secondary N) is 2. The van der Waals surface area contributed by atoms with Crippen molar-refractivity contribution >= 4 is 6.03 Å². The highest BCUT2D eigenvalue weighted by molar-refractivity contribution is 5.77. The standard InChI is InChI=1S/C14H25N3O/c18-14-16-13(12-3-1-2-4-12)10-17(14)9-11-5-7-15-8-6-11/h11-13,15H,1-10H2,(H,16,18). The molecule has 2 saturated heterocycles. The molecular formula is C14H25N3O. The van der Waals surface area contributed by atoms with Crippen LogP contribution in [0.2, 0.25) is 0 Å². The van der Waals surface area contributed by atoms with Crippen LogP contribution < -0.4 is 10.6 Å². The number of amides is 2. The maximum Gasteiger partial charge on any atom is 0.317 e. The number of rotatable bonds is 3. The first-order valence-electron chi connectivity index (χ1n) is 7.59. The second kappa shape index (κ2) is 5.47. The predicted molar refractivity (Wildman–Crippen MR) is 71.4 cm³/mol. The van der Waals surface area contributed by atoms with Crippen LogP contribution in [0, 0.1) is 11.8 Å². The quantitative estimate of drug-likeness (QED) is 0.799. The van der Waals surface area contributed by atoms with Gasteiger partial charge in [-0.2, -0.15) is 0 Å². The van der Waals surface area contributed by atoms with Crippen molar-refractivity contribution in [2.24, 2.45) is 11.8 Å². The summed E-state index contributed by atoms with van der Waals surface area (Å²) in [6, 6.07) is 0.618. The van der Waals surface area contributed by atoms with Crippen molar-refractivity contribution in [1.82, 2.24) is 15.5 Å². The molecule has 0 aromatic rings. The van der Waals surface area contributed by atoms with E-state index in [4.69, 9.17) is 0 Å². The van der Waals surface area contributed by atoms with E-state index in [1.165, 1.54) is 38.5 Å². The van der Waals surface area contributed by atoms with Gasteiger partial charge in [-0.1, -0.05) is 12.8 Å². The maximum absolute atomic E-state index is 12.0.